The molecular weight excluding hydrogens is 400 g/mol. The van der Waals surface area contributed by atoms with E-state index >= 15 is 0 Å². The largest absolute Gasteiger partial charge is 0.268 e. The van der Waals surface area contributed by atoms with Crippen LogP contribution in [0, 0.1) is 13.8 Å². The number of aryl methyl sites for hydroxylation is 2. The van der Waals surface area contributed by atoms with Crippen LogP contribution in [0.1, 0.15) is 28.9 Å². The van der Waals surface area contributed by atoms with Crippen molar-refractivity contribution in [1.29, 1.82) is 0 Å². The lowest BCUT2D eigenvalue weighted by molar-refractivity contribution is 0.813. The van der Waals surface area contributed by atoms with Gasteiger partial charge in [-0.15, -0.1) is 0 Å². The molecule has 1 heterocycles. The molecule has 0 amide bonds. The fourth-order valence-electron chi connectivity index (χ4n) is 3.53. The molecular formula is C24H21ClN2OS. The van der Waals surface area contributed by atoms with Crippen molar-refractivity contribution in [3.8, 4) is 5.69 Å². The van der Waals surface area contributed by atoms with Crippen molar-refractivity contribution in [3.63, 3.8) is 0 Å². The third kappa shape index (κ3) is 3.96. The number of rotatable bonds is 4. The summed E-state index contributed by atoms with van der Waals surface area (Å²) in [4.78, 5) is 18.3. The molecule has 0 N–H and O–H groups in total. The lowest BCUT2D eigenvalue weighted by Gasteiger charge is -2.18. The summed E-state index contributed by atoms with van der Waals surface area (Å²) >= 11 is 7.95. The van der Waals surface area contributed by atoms with E-state index in [1.165, 1.54) is 0 Å². The highest BCUT2D eigenvalue weighted by Gasteiger charge is 2.18. The van der Waals surface area contributed by atoms with Crippen LogP contribution in [-0.2, 0) is 0 Å². The Kier molecular flexibility index (Phi) is 5.48. The Morgan fingerprint density at radius 3 is 2.34 bits per heavy atom. The Hall–Kier alpha value is -2.56. The zero-order valence-corrected chi connectivity index (χ0v) is 18.1. The van der Waals surface area contributed by atoms with Gasteiger partial charge in [0.05, 0.1) is 16.6 Å². The number of halogens is 1. The third-order valence-electron chi connectivity index (χ3n) is 4.83. The molecule has 0 aliphatic heterocycles. The van der Waals surface area contributed by atoms with Crippen LogP contribution in [0.3, 0.4) is 0 Å². The Morgan fingerprint density at radius 2 is 1.62 bits per heavy atom. The molecule has 0 bridgehead atoms. The molecule has 0 saturated carbocycles. The second kappa shape index (κ2) is 8.05. The number of hydrogen-bond acceptors (Lipinski definition) is 3. The number of aromatic nitrogens is 2. The van der Waals surface area contributed by atoms with Gasteiger partial charge in [0.1, 0.15) is 0 Å². The molecule has 1 aromatic heterocycles. The van der Waals surface area contributed by atoms with Crippen LogP contribution in [0.25, 0.3) is 16.6 Å². The number of hydrogen-bond donors (Lipinski definition) is 0. The number of benzene rings is 3. The van der Waals surface area contributed by atoms with Crippen molar-refractivity contribution < 1.29 is 0 Å². The smallest absolute Gasteiger partial charge is 0.266 e. The lowest BCUT2D eigenvalue weighted by atomic mass is 10.1. The summed E-state index contributed by atoms with van der Waals surface area (Å²) in [5, 5.41) is 2.02. The molecule has 0 unspecified atom stereocenters. The van der Waals surface area contributed by atoms with E-state index in [1.54, 1.807) is 16.3 Å². The predicted octanol–water partition coefficient (Wildman–Crippen LogP) is 6.51. The molecule has 0 aliphatic carbocycles. The minimum absolute atomic E-state index is 0.0360. The van der Waals surface area contributed by atoms with Crippen LogP contribution in [0.2, 0.25) is 5.02 Å². The number of nitrogens with zero attached hydrogens (tertiary/aromatic N) is 2. The Morgan fingerprint density at radius 1 is 0.966 bits per heavy atom. The first-order valence-electron chi connectivity index (χ1n) is 9.45. The van der Waals surface area contributed by atoms with E-state index in [0.717, 1.165) is 22.4 Å². The molecule has 0 fully saturated rings. The molecule has 0 radical (unpaired) electrons. The van der Waals surface area contributed by atoms with Crippen molar-refractivity contribution >= 4 is 34.3 Å². The monoisotopic (exact) mass is 420 g/mol. The van der Waals surface area contributed by atoms with E-state index in [0.29, 0.717) is 21.1 Å². The zero-order valence-electron chi connectivity index (χ0n) is 16.5. The second-order valence-corrected chi connectivity index (χ2v) is 8.89. The van der Waals surface area contributed by atoms with Gasteiger partial charge in [0, 0.05) is 10.3 Å². The summed E-state index contributed by atoms with van der Waals surface area (Å²) in [5.74, 6) is 0. The third-order valence-corrected chi connectivity index (χ3v) is 6.27. The van der Waals surface area contributed by atoms with Crippen LogP contribution >= 0.6 is 23.4 Å². The molecule has 4 aromatic rings. The summed E-state index contributed by atoms with van der Waals surface area (Å²) < 4.78 is 1.72. The van der Waals surface area contributed by atoms with Gasteiger partial charge in [0.2, 0.25) is 0 Å². The summed E-state index contributed by atoms with van der Waals surface area (Å²) in [5.41, 5.74) is 4.71. The fraction of sp³-hybridized carbons (Fsp3) is 0.167. The summed E-state index contributed by atoms with van der Waals surface area (Å²) in [7, 11) is 0. The second-order valence-electron chi connectivity index (χ2n) is 7.18. The van der Waals surface area contributed by atoms with Gasteiger partial charge in [0.25, 0.3) is 5.56 Å². The van der Waals surface area contributed by atoms with Crippen molar-refractivity contribution in [3.05, 3.63) is 98.8 Å². The van der Waals surface area contributed by atoms with Crippen molar-refractivity contribution in [2.45, 2.75) is 31.2 Å². The Bertz CT molecular complexity index is 1250. The maximum atomic E-state index is 13.4. The van der Waals surface area contributed by atoms with Gasteiger partial charge in [-0.25, -0.2) is 4.98 Å². The number of thioether (sulfide) groups is 1. The highest BCUT2D eigenvalue weighted by Crippen LogP contribution is 2.37. The van der Waals surface area contributed by atoms with Gasteiger partial charge in [0.15, 0.2) is 5.16 Å². The Labute approximate surface area is 179 Å². The average molecular weight is 421 g/mol. The normalized spacial score (nSPS) is 12.3. The Balaban J connectivity index is 1.92. The maximum absolute atomic E-state index is 13.4. The first kappa shape index (κ1) is 19.7. The summed E-state index contributed by atoms with van der Waals surface area (Å²) in [6.45, 7) is 6.16. The first-order valence-corrected chi connectivity index (χ1v) is 10.7. The van der Waals surface area contributed by atoms with E-state index in [4.69, 9.17) is 16.6 Å². The van der Waals surface area contributed by atoms with Crippen LogP contribution in [0.4, 0.5) is 0 Å². The van der Waals surface area contributed by atoms with Crippen molar-refractivity contribution in [2.75, 3.05) is 0 Å². The topological polar surface area (TPSA) is 34.9 Å². The average Bonchev–Trinajstić information content (AvgIpc) is 2.67. The SMILES string of the molecule is Cc1cc(C)cc(-n2c(S[C@@H](C)c3ccccc3Cl)nc3ccccc3c2=O)c1. The molecule has 0 saturated heterocycles. The van der Waals surface area contributed by atoms with Gasteiger partial charge in [-0.2, -0.15) is 0 Å². The molecule has 29 heavy (non-hydrogen) atoms. The first-order chi connectivity index (χ1) is 13.9. The standard InChI is InChI=1S/C24H21ClN2OS/c1-15-12-16(2)14-18(13-15)27-23(28)20-9-5-7-11-22(20)26-24(27)29-17(3)19-8-4-6-10-21(19)25/h4-14,17H,1-3H3/t17-/m0/s1. The number of para-hydroxylation sites is 1. The molecule has 1 atom stereocenters. The fourth-order valence-corrected chi connectivity index (χ4v) is 4.98. The lowest BCUT2D eigenvalue weighted by Crippen LogP contribution is -2.22. The molecule has 0 spiro atoms. The maximum Gasteiger partial charge on any atom is 0.266 e. The highest BCUT2D eigenvalue weighted by atomic mass is 35.5. The highest BCUT2D eigenvalue weighted by molar-refractivity contribution is 7.99. The minimum Gasteiger partial charge on any atom is -0.268 e. The van der Waals surface area contributed by atoms with Gasteiger partial charge >= 0.3 is 0 Å². The molecule has 5 heteroatoms. The molecule has 3 nitrogen and oxygen atoms in total. The van der Waals surface area contributed by atoms with E-state index in [9.17, 15) is 4.79 Å². The number of fused-ring (bicyclic) bond motifs is 1. The summed E-state index contributed by atoms with van der Waals surface area (Å²) in [6.07, 6.45) is 0. The van der Waals surface area contributed by atoms with Crippen molar-refractivity contribution in [2.24, 2.45) is 0 Å². The molecule has 4 rings (SSSR count). The van der Waals surface area contributed by atoms with Crippen molar-refractivity contribution in [1.82, 2.24) is 9.55 Å². The molecule has 0 aliphatic rings. The molecule has 146 valence electrons. The van der Waals surface area contributed by atoms with E-state index in [-0.39, 0.29) is 10.8 Å². The predicted molar refractivity (Wildman–Crippen MR) is 123 cm³/mol. The van der Waals surface area contributed by atoms with Crippen LogP contribution < -0.4 is 5.56 Å². The summed E-state index contributed by atoms with van der Waals surface area (Å²) in [6, 6.07) is 21.4. The van der Waals surface area contributed by atoms with E-state index in [2.05, 4.69) is 13.0 Å². The van der Waals surface area contributed by atoms with Crippen LogP contribution in [0.5, 0.6) is 0 Å². The van der Waals surface area contributed by atoms with Gasteiger partial charge in [-0.3, -0.25) is 9.36 Å². The van der Waals surface area contributed by atoms with E-state index in [1.807, 2.05) is 74.5 Å². The van der Waals surface area contributed by atoms with E-state index < -0.39 is 0 Å². The molecule has 3 aromatic carbocycles. The van der Waals surface area contributed by atoms with Gasteiger partial charge < -0.3 is 0 Å². The minimum atomic E-state index is -0.0607. The zero-order chi connectivity index (χ0) is 20.5. The van der Waals surface area contributed by atoms with Gasteiger partial charge in [-0.1, -0.05) is 59.8 Å². The van der Waals surface area contributed by atoms with Crippen LogP contribution in [-0.4, -0.2) is 9.55 Å². The van der Waals surface area contributed by atoms with Crippen LogP contribution in [0.15, 0.2) is 76.7 Å². The van der Waals surface area contributed by atoms with Gasteiger partial charge in [-0.05, 0) is 67.8 Å². The quantitative estimate of drug-likeness (QED) is 0.279.